The number of hydrogen-bond acceptors (Lipinski definition) is 2. The van der Waals surface area contributed by atoms with Crippen molar-refractivity contribution in [3.8, 4) is 0 Å². The third-order valence-electron chi connectivity index (χ3n) is 2.51. The molecular weight excluding hydrogens is 138 g/mol. The molecule has 2 aliphatic rings. The molecule has 2 rings (SSSR count). The monoisotopic (exact) mass is 148 g/mol. The Balaban J connectivity index is 2.20. The van der Waals surface area contributed by atoms with Gasteiger partial charge in [0.1, 0.15) is 0 Å². The third kappa shape index (κ3) is 0.582. The number of halogens is 2. The third-order valence-corrected chi connectivity index (χ3v) is 2.51. The van der Waals surface area contributed by atoms with Crippen LogP contribution in [0.1, 0.15) is 0 Å². The van der Waals surface area contributed by atoms with Gasteiger partial charge >= 0.3 is 0 Å². The van der Waals surface area contributed by atoms with Crippen molar-refractivity contribution < 1.29 is 8.78 Å². The summed E-state index contributed by atoms with van der Waals surface area (Å²) in [4.78, 5) is 0. The minimum absolute atomic E-state index is 0.144. The summed E-state index contributed by atoms with van der Waals surface area (Å²) in [5.74, 6) is -2.49. The van der Waals surface area contributed by atoms with Crippen LogP contribution in [0.4, 0.5) is 8.78 Å². The lowest BCUT2D eigenvalue weighted by Crippen LogP contribution is -2.62. The molecule has 10 heavy (non-hydrogen) atoms. The van der Waals surface area contributed by atoms with Crippen molar-refractivity contribution in [3.63, 3.8) is 0 Å². The van der Waals surface area contributed by atoms with E-state index in [-0.39, 0.29) is 6.54 Å². The van der Waals surface area contributed by atoms with Crippen molar-refractivity contribution >= 4 is 0 Å². The van der Waals surface area contributed by atoms with Crippen LogP contribution < -0.4 is 10.6 Å². The van der Waals surface area contributed by atoms with Crippen molar-refractivity contribution in [2.75, 3.05) is 26.2 Å². The first-order valence-electron chi connectivity index (χ1n) is 3.46. The minimum Gasteiger partial charge on any atom is -0.315 e. The topological polar surface area (TPSA) is 24.1 Å². The van der Waals surface area contributed by atoms with E-state index in [1.165, 1.54) is 0 Å². The molecule has 0 radical (unpaired) electrons. The van der Waals surface area contributed by atoms with E-state index in [0.717, 1.165) is 0 Å². The molecule has 0 amide bonds. The Bertz CT molecular complexity index is 154. The summed E-state index contributed by atoms with van der Waals surface area (Å²) in [6.45, 7) is 1.25. The van der Waals surface area contributed by atoms with Crippen LogP contribution in [0.5, 0.6) is 0 Å². The fourth-order valence-electron chi connectivity index (χ4n) is 1.59. The summed E-state index contributed by atoms with van der Waals surface area (Å²) in [7, 11) is 0. The molecule has 2 nitrogen and oxygen atoms in total. The molecule has 0 bridgehead atoms. The molecule has 0 aromatic rings. The highest BCUT2D eigenvalue weighted by atomic mass is 19.3. The molecule has 2 saturated heterocycles. The van der Waals surface area contributed by atoms with Gasteiger partial charge in [-0.2, -0.15) is 0 Å². The van der Waals surface area contributed by atoms with Gasteiger partial charge in [0.15, 0.2) is 0 Å². The second kappa shape index (κ2) is 1.68. The first-order valence-corrected chi connectivity index (χ1v) is 3.46. The maximum absolute atomic E-state index is 12.9. The van der Waals surface area contributed by atoms with Crippen LogP contribution in [0.15, 0.2) is 0 Å². The van der Waals surface area contributed by atoms with Gasteiger partial charge in [-0.3, -0.25) is 0 Å². The molecule has 58 valence electrons. The highest BCUT2D eigenvalue weighted by molar-refractivity contribution is 5.08. The van der Waals surface area contributed by atoms with E-state index in [2.05, 4.69) is 10.6 Å². The van der Waals surface area contributed by atoms with Gasteiger partial charge < -0.3 is 10.6 Å². The van der Waals surface area contributed by atoms with Gasteiger partial charge in [-0.15, -0.1) is 0 Å². The fraction of sp³-hybridized carbons (Fsp3) is 1.00. The molecule has 2 fully saturated rings. The van der Waals surface area contributed by atoms with Crippen LogP contribution in [0.25, 0.3) is 0 Å². The Morgan fingerprint density at radius 2 is 1.40 bits per heavy atom. The largest absolute Gasteiger partial charge is 0.315 e. The normalized spacial score (nSPS) is 34.2. The summed E-state index contributed by atoms with van der Waals surface area (Å²) in [5.41, 5.74) is -0.743. The SMILES string of the molecule is FC1(F)CNCC12CNC2. The van der Waals surface area contributed by atoms with E-state index in [1.54, 1.807) is 0 Å². The molecule has 0 atom stereocenters. The Morgan fingerprint density at radius 3 is 1.60 bits per heavy atom. The molecule has 2 aliphatic heterocycles. The van der Waals surface area contributed by atoms with Crippen molar-refractivity contribution in [3.05, 3.63) is 0 Å². The van der Waals surface area contributed by atoms with E-state index in [0.29, 0.717) is 19.6 Å². The molecule has 0 saturated carbocycles. The van der Waals surface area contributed by atoms with Crippen LogP contribution in [0.2, 0.25) is 0 Å². The van der Waals surface area contributed by atoms with Crippen LogP contribution in [-0.2, 0) is 0 Å². The molecule has 0 aromatic heterocycles. The zero-order chi connectivity index (χ0) is 7.24. The predicted molar refractivity (Wildman–Crippen MR) is 33.1 cm³/mol. The zero-order valence-corrected chi connectivity index (χ0v) is 5.58. The van der Waals surface area contributed by atoms with Gasteiger partial charge in [-0.1, -0.05) is 0 Å². The minimum atomic E-state index is -2.49. The maximum Gasteiger partial charge on any atom is 0.269 e. The van der Waals surface area contributed by atoms with Gasteiger partial charge in [0.2, 0.25) is 0 Å². The summed E-state index contributed by atoms with van der Waals surface area (Å²) in [6, 6.07) is 0. The van der Waals surface area contributed by atoms with Crippen molar-refractivity contribution in [1.29, 1.82) is 0 Å². The second-order valence-corrected chi connectivity index (χ2v) is 3.19. The van der Waals surface area contributed by atoms with E-state index in [4.69, 9.17) is 0 Å². The van der Waals surface area contributed by atoms with Crippen molar-refractivity contribution in [1.82, 2.24) is 10.6 Å². The quantitative estimate of drug-likeness (QED) is 0.497. The molecule has 0 aliphatic carbocycles. The first-order chi connectivity index (χ1) is 4.66. The maximum atomic E-state index is 12.9. The second-order valence-electron chi connectivity index (χ2n) is 3.19. The number of hydrogen-bond donors (Lipinski definition) is 2. The number of alkyl halides is 2. The van der Waals surface area contributed by atoms with Crippen LogP contribution in [0, 0.1) is 5.41 Å². The molecule has 4 heteroatoms. The van der Waals surface area contributed by atoms with Gasteiger partial charge in [-0.05, 0) is 0 Å². The number of rotatable bonds is 0. The summed E-state index contributed by atoms with van der Waals surface area (Å²) in [5, 5.41) is 5.59. The Morgan fingerprint density at radius 1 is 0.900 bits per heavy atom. The van der Waals surface area contributed by atoms with Gasteiger partial charge in [0.25, 0.3) is 5.92 Å². The van der Waals surface area contributed by atoms with Crippen LogP contribution in [-0.4, -0.2) is 32.1 Å². The van der Waals surface area contributed by atoms with Gasteiger partial charge in [-0.25, -0.2) is 8.78 Å². The zero-order valence-electron chi connectivity index (χ0n) is 5.58. The van der Waals surface area contributed by atoms with Crippen LogP contribution >= 0.6 is 0 Å². The van der Waals surface area contributed by atoms with E-state index in [1.807, 2.05) is 0 Å². The summed E-state index contributed by atoms with van der Waals surface area (Å²) < 4.78 is 25.9. The Kier molecular flexibility index (Phi) is 1.09. The highest BCUT2D eigenvalue weighted by Gasteiger charge is 2.60. The van der Waals surface area contributed by atoms with Gasteiger partial charge in [0, 0.05) is 19.6 Å². The smallest absolute Gasteiger partial charge is 0.269 e. The standard InChI is InChI=1S/C6H10F2N2/c7-6(8)4-10-3-5(6)1-9-2-5/h9-10H,1-4H2. The molecule has 0 aromatic carbocycles. The lowest BCUT2D eigenvalue weighted by Gasteiger charge is -2.42. The predicted octanol–water partition coefficient (Wildman–Crippen LogP) is -0.186. The molecular formula is C6H10F2N2. The summed E-state index contributed by atoms with van der Waals surface area (Å²) in [6.07, 6.45) is 0. The lowest BCUT2D eigenvalue weighted by atomic mass is 9.78. The fourth-order valence-corrected chi connectivity index (χ4v) is 1.59. The average molecular weight is 148 g/mol. The molecule has 1 spiro atoms. The Hall–Kier alpha value is -0.220. The summed E-state index contributed by atoms with van der Waals surface area (Å²) >= 11 is 0. The van der Waals surface area contributed by atoms with Crippen molar-refractivity contribution in [2.24, 2.45) is 5.41 Å². The molecule has 0 unspecified atom stereocenters. The van der Waals surface area contributed by atoms with Gasteiger partial charge in [0.05, 0.1) is 12.0 Å². The number of nitrogens with one attached hydrogen (secondary N) is 2. The Labute approximate surface area is 58.0 Å². The van der Waals surface area contributed by atoms with Crippen LogP contribution in [0.3, 0.4) is 0 Å². The highest BCUT2D eigenvalue weighted by Crippen LogP contribution is 2.42. The lowest BCUT2D eigenvalue weighted by molar-refractivity contribution is -0.107. The van der Waals surface area contributed by atoms with E-state index in [9.17, 15) is 8.78 Å². The van der Waals surface area contributed by atoms with E-state index < -0.39 is 11.3 Å². The van der Waals surface area contributed by atoms with Crippen molar-refractivity contribution in [2.45, 2.75) is 5.92 Å². The average Bonchev–Trinajstić information content (AvgIpc) is 2.02. The molecule has 2 N–H and O–H groups in total. The van der Waals surface area contributed by atoms with E-state index >= 15 is 0 Å². The first kappa shape index (κ1) is 6.49. The molecule has 2 heterocycles.